The summed E-state index contributed by atoms with van der Waals surface area (Å²) >= 11 is 0. The molecule has 1 atom stereocenters. The van der Waals surface area contributed by atoms with Crippen LogP contribution < -0.4 is 9.80 Å². The number of likely N-dealkylation sites (N-methyl/N-ethyl adjacent to an activating group) is 1. The molecule has 46 heavy (non-hydrogen) atoms. The number of hydrogen-bond donors (Lipinski definition) is 0. The second kappa shape index (κ2) is 9.59. The summed E-state index contributed by atoms with van der Waals surface area (Å²) in [4.78, 5) is 41.0. The van der Waals surface area contributed by atoms with E-state index in [9.17, 15) is 28.0 Å². The number of fused-ring (bicyclic) bond motifs is 4. The van der Waals surface area contributed by atoms with Crippen molar-refractivity contribution in [2.75, 3.05) is 36.5 Å². The molecule has 1 unspecified atom stereocenters. The monoisotopic (exact) mass is 627 g/mol. The number of halogens is 3. The molecule has 8 rings (SSSR count). The first-order valence-electron chi connectivity index (χ1n) is 15.0. The van der Waals surface area contributed by atoms with Crippen molar-refractivity contribution < 1.29 is 22.8 Å². The summed E-state index contributed by atoms with van der Waals surface area (Å²) in [5, 5.41) is 9.44. The molecule has 234 valence electrons. The number of pyridine rings is 1. The van der Waals surface area contributed by atoms with Crippen molar-refractivity contribution in [1.29, 1.82) is 5.26 Å². The van der Waals surface area contributed by atoms with Crippen LogP contribution in [0.4, 0.5) is 29.5 Å². The number of alkyl halides is 3. The number of carbonyl (C=O) groups is 2. The quantitative estimate of drug-likeness (QED) is 0.264. The third-order valence-electron chi connectivity index (χ3n) is 9.80. The Morgan fingerprint density at radius 2 is 1.96 bits per heavy atom. The summed E-state index contributed by atoms with van der Waals surface area (Å²) in [5.74, 6) is 0.340. The molecule has 1 spiro atoms. The van der Waals surface area contributed by atoms with Gasteiger partial charge in [0.25, 0.3) is 0 Å². The minimum atomic E-state index is -4.64. The number of likely N-dealkylation sites (tertiary alicyclic amines) is 1. The topological polar surface area (TPSA) is 108 Å². The first-order chi connectivity index (χ1) is 22.0. The summed E-state index contributed by atoms with van der Waals surface area (Å²) in [6.07, 6.45) is 3.42. The number of benzene rings is 1. The SMILES string of the molecule is CN1CCc2cc(N3CC4(CCCN4C(=O)n4ccnc4C#N)CC3=O)n3cccc(c23)-c2c(C(F)(F)F)cc3c(ncn3C)c21. The van der Waals surface area contributed by atoms with Crippen LogP contribution in [0.25, 0.3) is 27.7 Å². The van der Waals surface area contributed by atoms with Gasteiger partial charge in [-0.25, -0.2) is 19.3 Å². The van der Waals surface area contributed by atoms with Crippen LogP contribution in [0.5, 0.6) is 0 Å². The standard InChI is InChI=1S/C32H28F3N9O2/c1-39-11-6-19-13-24(43-17-31(15-25(43)45)7-4-10-44(31)30(46)41-12-8-37-23(41)16-36)42-9-3-5-20(28(19)42)26-21(32(33,34)35)14-22-27(29(26)39)38-18-40(22)2/h3,5,8-9,12-14,18H,4,6-7,10-11,15,17H2,1-2H3. The fraction of sp³-hybridized carbons (Fsp3) is 0.344. The van der Waals surface area contributed by atoms with E-state index in [1.807, 2.05) is 21.4 Å². The van der Waals surface area contributed by atoms with E-state index in [1.54, 1.807) is 46.8 Å². The molecular weight excluding hydrogens is 599 g/mol. The van der Waals surface area contributed by atoms with Crippen molar-refractivity contribution >= 4 is 40.0 Å². The van der Waals surface area contributed by atoms with Crippen LogP contribution in [0.1, 0.15) is 36.2 Å². The van der Waals surface area contributed by atoms with Crippen molar-refractivity contribution in [1.82, 2.24) is 28.4 Å². The van der Waals surface area contributed by atoms with Gasteiger partial charge in [-0.1, -0.05) is 6.07 Å². The Morgan fingerprint density at radius 1 is 1.13 bits per heavy atom. The minimum absolute atomic E-state index is 0.0278. The highest BCUT2D eigenvalue weighted by molar-refractivity contribution is 6.05. The van der Waals surface area contributed by atoms with Crippen LogP contribution in [-0.4, -0.2) is 72.6 Å². The Bertz CT molecular complexity index is 2150. The van der Waals surface area contributed by atoms with Crippen molar-refractivity contribution in [3.05, 3.63) is 66.1 Å². The molecule has 14 heteroatoms. The van der Waals surface area contributed by atoms with Gasteiger partial charge in [-0.2, -0.15) is 18.4 Å². The van der Waals surface area contributed by atoms with Gasteiger partial charge in [0.1, 0.15) is 17.4 Å². The van der Waals surface area contributed by atoms with Crippen LogP contribution in [0.3, 0.4) is 0 Å². The van der Waals surface area contributed by atoms with Gasteiger partial charge in [-0.3, -0.25) is 9.69 Å². The van der Waals surface area contributed by atoms with Gasteiger partial charge in [-0.15, -0.1) is 0 Å². The maximum atomic E-state index is 14.8. The van der Waals surface area contributed by atoms with Gasteiger partial charge in [-0.05, 0) is 43.0 Å². The summed E-state index contributed by atoms with van der Waals surface area (Å²) in [6, 6.07) is 7.99. The number of aryl methyl sites for hydroxylation is 1. The molecule has 0 saturated carbocycles. The van der Waals surface area contributed by atoms with Gasteiger partial charge >= 0.3 is 12.2 Å². The van der Waals surface area contributed by atoms with Crippen LogP contribution in [0, 0.1) is 11.3 Å². The van der Waals surface area contributed by atoms with Crippen LogP contribution in [0.2, 0.25) is 0 Å². The fourth-order valence-corrected chi connectivity index (χ4v) is 7.72. The molecule has 2 amide bonds. The molecule has 0 radical (unpaired) electrons. The number of carbonyl (C=O) groups excluding carboxylic acids is 2. The van der Waals surface area contributed by atoms with Crippen LogP contribution in [-0.2, 0) is 24.4 Å². The van der Waals surface area contributed by atoms with E-state index in [-0.39, 0.29) is 30.3 Å². The van der Waals surface area contributed by atoms with E-state index in [1.165, 1.54) is 29.4 Å². The zero-order valence-electron chi connectivity index (χ0n) is 25.0. The molecule has 3 aliphatic heterocycles. The first kappa shape index (κ1) is 28.2. The Kier molecular flexibility index (Phi) is 5.87. The van der Waals surface area contributed by atoms with E-state index >= 15 is 0 Å². The lowest BCUT2D eigenvalue weighted by Gasteiger charge is -2.34. The highest BCUT2D eigenvalue weighted by Crippen LogP contribution is 2.49. The summed E-state index contributed by atoms with van der Waals surface area (Å²) < 4.78 is 49.1. The maximum absolute atomic E-state index is 14.8. The third-order valence-corrected chi connectivity index (χ3v) is 9.80. The Morgan fingerprint density at radius 3 is 2.74 bits per heavy atom. The number of nitriles is 1. The molecule has 0 N–H and O–H groups in total. The Balaban J connectivity index is 1.28. The number of imidazole rings is 2. The van der Waals surface area contributed by atoms with E-state index < -0.39 is 23.3 Å². The third kappa shape index (κ3) is 3.83. The molecule has 11 nitrogen and oxygen atoms in total. The number of anilines is 2. The largest absolute Gasteiger partial charge is 0.417 e. The predicted molar refractivity (Wildman–Crippen MR) is 162 cm³/mol. The molecule has 0 bridgehead atoms. The molecule has 2 saturated heterocycles. The van der Waals surface area contributed by atoms with Crippen molar-refractivity contribution in [3.63, 3.8) is 0 Å². The second-order valence-electron chi connectivity index (χ2n) is 12.4. The number of rotatable bonds is 1. The maximum Gasteiger partial charge on any atom is 0.417 e. The Labute approximate surface area is 260 Å². The van der Waals surface area contributed by atoms with Crippen molar-refractivity contribution in [3.8, 4) is 17.2 Å². The molecule has 3 aliphatic rings. The fourth-order valence-electron chi connectivity index (χ4n) is 7.72. The molecule has 5 aromatic rings. The average molecular weight is 628 g/mol. The van der Waals surface area contributed by atoms with Crippen LogP contribution in [0.15, 0.2) is 49.2 Å². The molecule has 4 aromatic heterocycles. The van der Waals surface area contributed by atoms with Crippen molar-refractivity contribution in [2.24, 2.45) is 7.05 Å². The van der Waals surface area contributed by atoms with Gasteiger partial charge in [0.05, 0.1) is 47.1 Å². The molecular formula is C32H28F3N9O2. The zero-order valence-corrected chi connectivity index (χ0v) is 25.0. The van der Waals surface area contributed by atoms with Gasteiger partial charge < -0.3 is 18.8 Å². The van der Waals surface area contributed by atoms with E-state index in [0.29, 0.717) is 66.0 Å². The lowest BCUT2D eigenvalue weighted by atomic mass is 9.92. The van der Waals surface area contributed by atoms with E-state index in [4.69, 9.17) is 0 Å². The second-order valence-corrected chi connectivity index (χ2v) is 12.4. The smallest absolute Gasteiger partial charge is 0.372 e. The van der Waals surface area contributed by atoms with Gasteiger partial charge in [0, 0.05) is 56.9 Å². The normalized spacial score (nSPS) is 19.7. The number of amides is 2. The Hall–Kier alpha value is -5.32. The van der Waals surface area contributed by atoms with E-state index in [0.717, 1.165) is 5.56 Å². The van der Waals surface area contributed by atoms with Gasteiger partial charge in [0.2, 0.25) is 11.7 Å². The average Bonchev–Trinajstić information content (AvgIpc) is 3.85. The highest BCUT2D eigenvalue weighted by Gasteiger charge is 2.53. The molecule has 7 heterocycles. The summed E-state index contributed by atoms with van der Waals surface area (Å²) in [6.45, 7) is 1.08. The highest BCUT2D eigenvalue weighted by atomic mass is 19.4. The van der Waals surface area contributed by atoms with Crippen molar-refractivity contribution in [2.45, 2.75) is 37.4 Å². The summed E-state index contributed by atoms with van der Waals surface area (Å²) in [7, 11) is 3.46. The van der Waals surface area contributed by atoms with Gasteiger partial charge in [0.15, 0.2) is 0 Å². The first-order valence-corrected chi connectivity index (χ1v) is 15.0. The predicted octanol–water partition coefficient (Wildman–Crippen LogP) is 4.81. The number of nitrogens with zero attached hydrogens (tertiary/aromatic N) is 9. The van der Waals surface area contributed by atoms with Crippen LogP contribution >= 0.6 is 0 Å². The summed E-state index contributed by atoms with van der Waals surface area (Å²) in [5.41, 5.74) is 1.66. The number of aromatic nitrogens is 5. The lowest BCUT2D eigenvalue weighted by molar-refractivity contribution is -0.137. The van der Waals surface area contributed by atoms with E-state index in [2.05, 4.69) is 9.97 Å². The lowest BCUT2D eigenvalue weighted by Crippen LogP contribution is -2.50. The zero-order chi connectivity index (χ0) is 32.1. The molecule has 1 aromatic carbocycles. The molecule has 0 aliphatic carbocycles. The minimum Gasteiger partial charge on any atom is -0.372 e. The molecule has 2 fully saturated rings. The number of hydrogen-bond acceptors (Lipinski definition) is 6.